The van der Waals surface area contributed by atoms with Crippen molar-refractivity contribution in [3.05, 3.63) is 0 Å². The molecule has 0 fully saturated rings. The first-order valence-corrected chi connectivity index (χ1v) is 5.74. The minimum Gasteiger partial charge on any atom is -0.247 e. The number of nitrogens with zero attached hydrogens (tertiary/aromatic N) is 1. The molecule has 0 rings (SSSR count). The van der Waals surface area contributed by atoms with Gasteiger partial charge in [0.25, 0.3) is 6.55 Å². The SMILES string of the molecule is CCCCCN(CCCCC)C(F)F. The minimum absolute atomic E-state index is 0.551. The number of hydrogen-bond acceptors (Lipinski definition) is 1. The van der Waals surface area contributed by atoms with Gasteiger partial charge in [-0.05, 0) is 12.8 Å². The van der Waals surface area contributed by atoms with Gasteiger partial charge in [0.15, 0.2) is 0 Å². The molecule has 0 aliphatic rings. The van der Waals surface area contributed by atoms with Gasteiger partial charge in [-0.15, -0.1) is 0 Å². The van der Waals surface area contributed by atoms with Gasteiger partial charge in [-0.2, -0.15) is 8.78 Å². The topological polar surface area (TPSA) is 3.24 Å². The Bertz CT molecular complexity index is 108. The van der Waals surface area contributed by atoms with Crippen LogP contribution in [0.5, 0.6) is 0 Å². The fourth-order valence-electron chi connectivity index (χ4n) is 1.44. The Morgan fingerprint density at radius 3 is 1.57 bits per heavy atom. The van der Waals surface area contributed by atoms with Crippen LogP contribution in [0.4, 0.5) is 8.78 Å². The van der Waals surface area contributed by atoms with Crippen LogP contribution < -0.4 is 0 Å². The van der Waals surface area contributed by atoms with Gasteiger partial charge in [-0.1, -0.05) is 39.5 Å². The zero-order chi connectivity index (χ0) is 10.8. The monoisotopic (exact) mass is 207 g/mol. The van der Waals surface area contributed by atoms with Crippen molar-refractivity contribution in [3.8, 4) is 0 Å². The summed E-state index contributed by atoms with van der Waals surface area (Å²) in [6.07, 6.45) is 6.08. The van der Waals surface area contributed by atoms with Crippen LogP contribution in [-0.2, 0) is 0 Å². The van der Waals surface area contributed by atoms with Crippen molar-refractivity contribution in [2.75, 3.05) is 13.1 Å². The first-order valence-electron chi connectivity index (χ1n) is 5.74. The molecule has 0 atom stereocenters. The van der Waals surface area contributed by atoms with Crippen LogP contribution in [0.1, 0.15) is 52.4 Å². The van der Waals surface area contributed by atoms with Crippen molar-refractivity contribution in [1.82, 2.24) is 4.90 Å². The molecule has 0 heterocycles. The highest BCUT2D eigenvalue weighted by molar-refractivity contribution is 4.56. The zero-order valence-corrected chi connectivity index (χ0v) is 9.44. The van der Waals surface area contributed by atoms with E-state index >= 15 is 0 Å². The van der Waals surface area contributed by atoms with Gasteiger partial charge in [0.05, 0.1) is 0 Å². The second-order valence-electron chi connectivity index (χ2n) is 3.73. The highest BCUT2D eigenvalue weighted by atomic mass is 19.3. The molecule has 86 valence electrons. The number of alkyl halides is 2. The Hall–Kier alpha value is -0.180. The van der Waals surface area contributed by atoms with Crippen molar-refractivity contribution < 1.29 is 8.78 Å². The molecule has 0 spiro atoms. The van der Waals surface area contributed by atoms with E-state index in [9.17, 15) is 8.78 Å². The van der Waals surface area contributed by atoms with Crippen LogP contribution in [0.15, 0.2) is 0 Å². The molecule has 3 heteroatoms. The zero-order valence-electron chi connectivity index (χ0n) is 9.44. The molecular formula is C11H23F2N. The molecule has 0 saturated heterocycles. The molecule has 0 aliphatic heterocycles. The summed E-state index contributed by atoms with van der Waals surface area (Å²) in [4.78, 5) is 1.30. The Morgan fingerprint density at radius 1 is 0.857 bits per heavy atom. The molecule has 0 aromatic heterocycles. The quantitative estimate of drug-likeness (QED) is 0.409. The number of unbranched alkanes of at least 4 members (excludes halogenated alkanes) is 4. The number of hydrogen-bond donors (Lipinski definition) is 0. The maximum atomic E-state index is 12.5. The molecule has 1 nitrogen and oxygen atoms in total. The lowest BCUT2D eigenvalue weighted by molar-refractivity contribution is -0.0285. The largest absolute Gasteiger partial charge is 0.294 e. The van der Waals surface area contributed by atoms with Gasteiger partial charge in [0, 0.05) is 13.1 Å². The summed E-state index contributed by atoms with van der Waals surface area (Å²) in [6.45, 7) is 3.00. The molecular weight excluding hydrogens is 184 g/mol. The van der Waals surface area contributed by atoms with Crippen molar-refractivity contribution in [2.24, 2.45) is 0 Å². The molecule has 0 saturated carbocycles. The summed E-state index contributed by atoms with van der Waals surface area (Å²) in [5, 5.41) is 0. The standard InChI is InChI=1S/C11H23F2N/c1-3-5-7-9-14(11(12)13)10-8-6-4-2/h11H,3-10H2,1-2H3. The molecule has 0 unspecified atom stereocenters. The molecule has 0 aromatic carbocycles. The van der Waals surface area contributed by atoms with E-state index in [0.717, 1.165) is 38.5 Å². The van der Waals surface area contributed by atoms with E-state index in [0.29, 0.717) is 13.1 Å². The van der Waals surface area contributed by atoms with Crippen LogP contribution in [0.2, 0.25) is 0 Å². The van der Waals surface area contributed by atoms with Crippen LogP contribution in [0.3, 0.4) is 0 Å². The summed E-state index contributed by atoms with van der Waals surface area (Å²) in [6, 6.07) is 0. The highest BCUT2D eigenvalue weighted by Crippen LogP contribution is 2.08. The third-order valence-electron chi connectivity index (χ3n) is 2.37. The van der Waals surface area contributed by atoms with Crippen molar-refractivity contribution in [3.63, 3.8) is 0 Å². The molecule has 0 aliphatic carbocycles. The average Bonchev–Trinajstić information content (AvgIpc) is 2.15. The second kappa shape index (κ2) is 9.38. The van der Waals surface area contributed by atoms with Gasteiger partial charge in [0.2, 0.25) is 0 Å². The molecule has 0 radical (unpaired) electrons. The van der Waals surface area contributed by atoms with Gasteiger partial charge < -0.3 is 0 Å². The summed E-state index contributed by atoms with van der Waals surface area (Å²) in [5.74, 6) is 0. The summed E-state index contributed by atoms with van der Waals surface area (Å²) in [5.41, 5.74) is 0. The van der Waals surface area contributed by atoms with Crippen LogP contribution in [-0.4, -0.2) is 24.5 Å². The van der Waals surface area contributed by atoms with E-state index < -0.39 is 6.55 Å². The Kier molecular flexibility index (Phi) is 9.26. The maximum absolute atomic E-state index is 12.5. The highest BCUT2D eigenvalue weighted by Gasteiger charge is 2.14. The van der Waals surface area contributed by atoms with Crippen molar-refractivity contribution >= 4 is 0 Å². The normalized spacial score (nSPS) is 11.6. The van der Waals surface area contributed by atoms with Crippen molar-refractivity contribution in [2.45, 2.75) is 58.9 Å². The number of rotatable bonds is 9. The maximum Gasteiger partial charge on any atom is 0.294 e. The molecule has 14 heavy (non-hydrogen) atoms. The first-order chi connectivity index (χ1) is 6.72. The summed E-state index contributed by atoms with van der Waals surface area (Å²) >= 11 is 0. The second-order valence-corrected chi connectivity index (χ2v) is 3.73. The van der Waals surface area contributed by atoms with Gasteiger partial charge in [0.1, 0.15) is 0 Å². The Balaban J connectivity index is 3.55. The predicted octanol–water partition coefficient (Wildman–Crippen LogP) is 3.89. The van der Waals surface area contributed by atoms with E-state index in [-0.39, 0.29) is 0 Å². The average molecular weight is 207 g/mol. The Morgan fingerprint density at radius 2 is 1.29 bits per heavy atom. The lowest BCUT2D eigenvalue weighted by Crippen LogP contribution is -2.31. The van der Waals surface area contributed by atoms with Crippen LogP contribution in [0.25, 0.3) is 0 Å². The van der Waals surface area contributed by atoms with Crippen LogP contribution in [0, 0.1) is 0 Å². The molecule has 0 aromatic rings. The van der Waals surface area contributed by atoms with Gasteiger partial charge in [-0.3, -0.25) is 0 Å². The van der Waals surface area contributed by atoms with E-state index in [1.165, 1.54) is 4.90 Å². The lowest BCUT2D eigenvalue weighted by Gasteiger charge is -2.20. The summed E-state index contributed by atoms with van der Waals surface area (Å²) in [7, 11) is 0. The third-order valence-corrected chi connectivity index (χ3v) is 2.37. The fraction of sp³-hybridized carbons (Fsp3) is 1.00. The lowest BCUT2D eigenvalue weighted by atomic mass is 10.2. The molecule has 0 amide bonds. The van der Waals surface area contributed by atoms with Gasteiger partial charge in [-0.25, -0.2) is 4.90 Å². The summed E-state index contributed by atoms with van der Waals surface area (Å²) < 4.78 is 25.0. The van der Waals surface area contributed by atoms with Gasteiger partial charge >= 0.3 is 0 Å². The van der Waals surface area contributed by atoms with E-state index in [4.69, 9.17) is 0 Å². The predicted molar refractivity (Wildman–Crippen MR) is 56.6 cm³/mol. The molecule has 0 N–H and O–H groups in total. The minimum atomic E-state index is -2.27. The smallest absolute Gasteiger partial charge is 0.247 e. The number of halogens is 2. The van der Waals surface area contributed by atoms with E-state index in [1.54, 1.807) is 0 Å². The van der Waals surface area contributed by atoms with E-state index in [2.05, 4.69) is 13.8 Å². The van der Waals surface area contributed by atoms with Crippen LogP contribution >= 0.6 is 0 Å². The van der Waals surface area contributed by atoms with Crippen molar-refractivity contribution in [1.29, 1.82) is 0 Å². The first kappa shape index (κ1) is 13.8. The fourth-order valence-corrected chi connectivity index (χ4v) is 1.44. The third kappa shape index (κ3) is 7.25. The molecule has 0 bridgehead atoms. The van der Waals surface area contributed by atoms with E-state index in [1.807, 2.05) is 0 Å². The Labute approximate surface area is 86.5 Å².